The molecule has 0 radical (unpaired) electrons. The van der Waals surface area contributed by atoms with Crippen LogP contribution in [0.5, 0.6) is 11.5 Å². The molecule has 0 fully saturated rings. The van der Waals surface area contributed by atoms with E-state index in [2.05, 4.69) is 5.32 Å². The van der Waals surface area contributed by atoms with E-state index in [4.69, 9.17) is 21.1 Å². The highest BCUT2D eigenvalue weighted by atomic mass is 35.5. The van der Waals surface area contributed by atoms with Crippen LogP contribution >= 0.6 is 11.6 Å². The molecule has 0 aromatic heterocycles. The minimum Gasteiger partial charge on any atom is -0.497 e. The quantitative estimate of drug-likeness (QED) is 0.303. The average Bonchev–Trinajstić information content (AvgIpc) is 2.97. The van der Waals surface area contributed by atoms with E-state index in [0.717, 1.165) is 9.87 Å². The third-order valence-corrected chi connectivity index (χ3v) is 8.42. The summed E-state index contributed by atoms with van der Waals surface area (Å²) in [6.45, 7) is 5.48. The summed E-state index contributed by atoms with van der Waals surface area (Å²) in [5.74, 6) is 0.0452. The number of sulfonamides is 1. The van der Waals surface area contributed by atoms with Gasteiger partial charge in [-0.2, -0.15) is 0 Å². The van der Waals surface area contributed by atoms with Crippen LogP contribution in [0.1, 0.15) is 26.3 Å². The Morgan fingerprint density at radius 2 is 1.54 bits per heavy atom. The zero-order chi connectivity index (χ0) is 30.2. The normalized spacial score (nSPS) is 12.0. The van der Waals surface area contributed by atoms with Crippen molar-refractivity contribution in [3.63, 3.8) is 0 Å². The molecular formula is C30H36ClN3O6S. The molecule has 0 unspecified atom stereocenters. The first-order chi connectivity index (χ1) is 19.5. The maximum atomic E-state index is 14.0. The van der Waals surface area contributed by atoms with Gasteiger partial charge in [-0.1, -0.05) is 49.7 Å². The minimum atomic E-state index is -4.25. The molecule has 3 aromatic rings. The van der Waals surface area contributed by atoms with E-state index in [-0.39, 0.29) is 34.7 Å². The number of halogens is 1. The van der Waals surface area contributed by atoms with Crippen LogP contribution in [0.2, 0.25) is 5.02 Å². The second-order valence-corrected chi connectivity index (χ2v) is 12.1. The fourth-order valence-electron chi connectivity index (χ4n) is 4.05. The molecule has 1 N–H and O–H groups in total. The van der Waals surface area contributed by atoms with E-state index in [1.165, 1.54) is 43.4 Å². The van der Waals surface area contributed by atoms with Gasteiger partial charge >= 0.3 is 0 Å². The van der Waals surface area contributed by atoms with Crippen LogP contribution in [-0.2, 0) is 26.2 Å². The molecular weight excluding hydrogens is 566 g/mol. The number of hydrogen-bond donors (Lipinski definition) is 1. The summed E-state index contributed by atoms with van der Waals surface area (Å²) in [5, 5.41) is 3.39. The predicted molar refractivity (Wildman–Crippen MR) is 160 cm³/mol. The monoisotopic (exact) mass is 601 g/mol. The zero-order valence-corrected chi connectivity index (χ0v) is 25.4. The predicted octanol–water partition coefficient (Wildman–Crippen LogP) is 4.74. The summed E-state index contributed by atoms with van der Waals surface area (Å²) in [6, 6.07) is 18.4. The Bertz CT molecular complexity index is 1430. The number of ether oxygens (including phenoxy) is 2. The lowest BCUT2D eigenvalue weighted by molar-refractivity contribution is -0.139. The molecule has 3 aromatic carbocycles. The minimum absolute atomic E-state index is 0.0380. The van der Waals surface area contributed by atoms with Crippen molar-refractivity contribution in [2.75, 3.05) is 31.6 Å². The number of hydrogen-bond acceptors (Lipinski definition) is 6. The van der Waals surface area contributed by atoms with Crippen LogP contribution < -0.4 is 19.1 Å². The number of benzene rings is 3. The van der Waals surface area contributed by atoms with Crippen molar-refractivity contribution < 1.29 is 27.5 Å². The molecule has 3 rings (SSSR count). The van der Waals surface area contributed by atoms with Crippen molar-refractivity contribution in [2.45, 2.75) is 38.3 Å². The Balaban J connectivity index is 2.05. The van der Waals surface area contributed by atoms with E-state index in [9.17, 15) is 18.0 Å². The summed E-state index contributed by atoms with van der Waals surface area (Å²) in [7, 11) is -1.35. The van der Waals surface area contributed by atoms with Crippen molar-refractivity contribution in [1.82, 2.24) is 10.2 Å². The summed E-state index contributed by atoms with van der Waals surface area (Å²) >= 11 is 6.05. The van der Waals surface area contributed by atoms with Crippen molar-refractivity contribution in [3.05, 3.63) is 83.4 Å². The number of nitrogens with zero attached hydrogens (tertiary/aromatic N) is 2. The SMILES string of the molecule is COc1ccc(S(=O)(=O)N(CC(=O)N(Cc2ccc(Cl)cc2)[C@@H](C)C(=O)NCC(C)C)c2ccccc2OC)cc1. The molecule has 0 saturated carbocycles. The molecule has 2 amide bonds. The highest BCUT2D eigenvalue weighted by molar-refractivity contribution is 7.92. The second-order valence-electron chi connectivity index (χ2n) is 9.82. The molecule has 1 atom stereocenters. The number of anilines is 1. The Hall–Kier alpha value is -3.76. The average molecular weight is 602 g/mol. The summed E-state index contributed by atoms with van der Waals surface area (Å²) in [5.41, 5.74) is 0.913. The van der Waals surface area contributed by atoms with Gasteiger partial charge in [0.2, 0.25) is 11.8 Å². The van der Waals surface area contributed by atoms with Crippen LogP contribution in [0, 0.1) is 5.92 Å². The standard InChI is InChI=1S/C30H36ClN3O6S/c1-21(2)18-32-30(36)22(3)33(19-23-10-12-24(31)13-11-23)29(35)20-34(27-8-6-7-9-28(27)40-5)41(37,38)26-16-14-25(39-4)15-17-26/h6-17,21-22H,18-20H2,1-5H3,(H,32,36)/t22-/m0/s1. The molecule has 9 nitrogen and oxygen atoms in total. The van der Waals surface area contributed by atoms with Crippen LogP contribution in [-0.4, -0.2) is 58.5 Å². The third-order valence-electron chi connectivity index (χ3n) is 6.40. The first kappa shape index (κ1) is 31.8. The lowest BCUT2D eigenvalue weighted by Crippen LogP contribution is -2.51. The highest BCUT2D eigenvalue weighted by Gasteiger charge is 2.33. The number of rotatable bonds is 13. The highest BCUT2D eigenvalue weighted by Crippen LogP contribution is 2.33. The van der Waals surface area contributed by atoms with E-state index in [0.29, 0.717) is 17.3 Å². The Morgan fingerprint density at radius 1 is 0.902 bits per heavy atom. The number of amides is 2. The van der Waals surface area contributed by atoms with Gasteiger partial charge in [-0.15, -0.1) is 0 Å². The molecule has 0 aliphatic carbocycles. The van der Waals surface area contributed by atoms with Crippen molar-refractivity contribution in [3.8, 4) is 11.5 Å². The van der Waals surface area contributed by atoms with E-state index in [1.54, 1.807) is 55.5 Å². The Kier molecular flexibility index (Phi) is 11.0. The number of methoxy groups -OCH3 is 2. The first-order valence-electron chi connectivity index (χ1n) is 13.1. The maximum absolute atomic E-state index is 14.0. The van der Waals surface area contributed by atoms with Crippen molar-refractivity contribution in [1.29, 1.82) is 0 Å². The fourth-order valence-corrected chi connectivity index (χ4v) is 5.60. The number of carbonyl (C=O) groups is 2. The lowest BCUT2D eigenvalue weighted by Gasteiger charge is -2.32. The first-order valence-corrected chi connectivity index (χ1v) is 14.9. The van der Waals surface area contributed by atoms with Gasteiger partial charge in [-0.25, -0.2) is 8.42 Å². The zero-order valence-electron chi connectivity index (χ0n) is 23.8. The lowest BCUT2D eigenvalue weighted by atomic mass is 10.1. The molecule has 41 heavy (non-hydrogen) atoms. The third kappa shape index (κ3) is 8.14. The number of carbonyl (C=O) groups excluding carboxylic acids is 2. The van der Waals surface area contributed by atoms with Gasteiger partial charge in [-0.05, 0) is 66.9 Å². The van der Waals surface area contributed by atoms with Crippen molar-refractivity contribution in [2.24, 2.45) is 5.92 Å². The Labute approximate surface area is 247 Å². The van der Waals surface area contributed by atoms with E-state index < -0.39 is 28.5 Å². The van der Waals surface area contributed by atoms with Gasteiger partial charge in [0, 0.05) is 18.1 Å². The molecule has 11 heteroatoms. The van der Waals surface area contributed by atoms with E-state index in [1.807, 2.05) is 13.8 Å². The van der Waals surface area contributed by atoms with Crippen LogP contribution in [0.4, 0.5) is 5.69 Å². The van der Waals surface area contributed by atoms with Crippen LogP contribution in [0.25, 0.3) is 0 Å². The van der Waals surface area contributed by atoms with Gasteiger partial charge in [0.25, 0.3) is 10.0 Å². The van der Waals surface area contributed by atoms with Gasteiger partial charge in [0.05, 0.1) is 24.8 Å². The smallest absolute Gasteiger partial charge is 0.264 e. The van der Waals surface area contributed by atoms with Gasteiger partial charge < -0.3 is 19.7 Å². The second kappa shape index (κ2) is 14.2. The topological polar surface area (TPSA) is 105 Å². The van der Waals surface area contributed by atoms with Crippen molar-refractivity contribution >= 4 is 39.1 Å². The summed E-state index contributed by atoms with van der Waals surface area (Å²) in [4.78, 5) is 28.4. The number of nitrogens with one attached hydrogen (secondary N) is 1. The largest absolute Gasteiger partial charge is 0.497 e. The molecule has 0 aliphatic rings. The molecule has 0 saturated heterocycles. The van der Waals surface area contributed by atoms with Crippen LogP contribution in [0.3, 0.4) is 0 Å². The van der Waals surface area contributed by atoms with E-state index >= 15 is 0 Å². The molecule has 0 bridgehead atoms. The number of para-hydroxylation sites is 2. The molecule has 0 heterocycles. The summed E-state index contributed by atoms with van der Waals surface area (Å²) in [6.07, 6.45) is 0. The van der Waals surface area contributed by atoms with Gasteiger partial charge in [-0.3, -0.25) is 13.9 Å². The van der Waals surface area contributed by atoms with Gasteiger partial charge in [0.15, 0.2) is 0 Å². The fraction of sp³-hybridized carbons (Fsp3) is 0.333. The molecule has 0 spiro atoms. The summed E-state index contributed by atoms with van der Waals surface area (Å²) < 4.78 is 39.6. The maximum Gasteiger partial charge on any atom is 0.264 e. The van der Waals surface area contributed by atoms with Crippen LogP contribution in [0.15, 0.2) is 77.7 Å². The molecule has 0 aliphatic heterocycles. The Morgan fingerprint density at radius 3 is 2.12 bits per heavy atom. The van der Waals surface area contributed by atoms with Gasteiger partial charge in [0.1, 0.15) is 24.1 Å². The molecule has 220 valence electrons.